The molecule has 0 radical (unpaired) electrons. The maximum atomic E-state index is 12.2. The second-order valence-corrected chi connectivity index (χ2v) is 9.37. The number of benzene rings is 1. The average molecular weight is 457 g/mol. The number of thioether (sulfide) groups is 1. The highest BCUT2D eigenvalue weighted by atomic mass is 32.2. The molecular weight excluding hydrogens is 432 g/mol. The third-order valence-electron chi connectivity index (χ3n) is 4.20. The molecule has 0 saturated carbocycles. The van der Waals surface area contributed by atoms with Gasteiger partial charge in [-0.3, -0.25) is 13.9 Å². The number of esters is 2. The molecule has 1 heterocycles. The number of ether oxygens (including phenoxy) is 2. The Morgan fingerprint density at radius 1 is 1.30 bits per heavy atom. The van der Waals surface area contributed by atoms with Gasteiger partial charge in [0.15, 0.2) is 0 Å². The van der Waals surface area contributed by atoms with E-state index < -0.39 is 28.5 Å². The maximum absolute atomic E-state index is 12.2. The van der Waals surface area contributed by atoms with Crippen molar-refractivity contribution < 1.29 is 32.3 Å². The van der Waals surface area contributed by atoms with E-state index in [1.165, 1.54) is 29.8 Å². The highest BCUT2D eigenvalue weighted by Gasteiger charge is 2.27. The lowest BCUT2D eigenvalue weighted by Gasteiger charge is -2.23. The van der Waals surface area contributed by atoms with E-state index in [0.29, 0.717) is 22.7 Å². The fraction of sp³-hybridized carbons (Fsp3) is 0.421. The van der Waals surface area contributed by atoms with Gasteiger partial charge in [-0.15, -0.1) is 0 Å². The first-order chi connectivity index (χ1) is 14.1. The monoisotopic (exact) mass is 456 g/mol. The Labute approximate surface area is 180 Å². The molecule has 0 bridgehead atoms. The summed E-state index contributed by atoms with van der Waals surface area (Å²) in [6.07, 6.45) is 2.60. The normalized spacial score (nSPS) is 15.4. The van der Waals surface area contributed by atoms with E-state index in [4.69, 9.17) is 4.74 Å². The van der Waals surface area contributed by atoms with Crippen LogP contribution >= 0.6 is 11.8 Å². The molecule has 1 amide bonds. The lowest BCUT2D eigenvalue weighted by Crippen LogP contribution is -2.36. The fourth-order valence-electron chi connectivity index (χ4n) is 2.72. The second kappa shape index (κ2) is 10.5. The highest BCUT2D eigenvalue weighted by Crippen LogP contribution is 2.28. The van der Waals surface area contributed by atoms with Crippen LogP contribution in [0.3, 0.4) is 0 Å². The molecule has 9 nitrogen and oxygen atoms in total. The quantitative estimate of drug-likeness (QED) is 0.311. The molecule has 1 fully saturated rings. The van der Waals surface area contributed by atoms with Crippen LogP contribution in [0.25, 0.3) is 0 Å². The number of methoxy groups -OCH3 is 1. The Kier molecular flexibility index (Phi) is 8.30. The number of para-hydroxylation sites is 1. The second-order valence-electron chi connectivity index (χ2n) is 6.47. The first-order valence-electron chi connectivity index (χ1n) is 9.05. The molecule has 1 aliphatic rings. The van der Waals surface area contributed by atoms with E-state index in [-0.39, 0.29) is 24.8 Å². The zero-order valence-electron chi connectivity index (χ0n) is 17.0. The van der Waals surface area contributed by atoms with Crippen LogP contribution in [0.15, 0.2) is 35.4 Å². The molecule has 164 valence electrons. The minimum atomic E-state index is -3.68. The molecular formula is C19H24N2O7S2. The standard InChI is InChI=1S/C19H24N2O7S2/c1-14-7-4-5-8-15(14)21(30(3,25)26)12-19(24)28-10-6-9-20-16(22)13-29-17(20)11-18(23)27-2/h4-5,7-8,11H,6,9-10,12-13H2,1-3H3/b17-11+. The summed E-state index contributed by atoms with van der Waals surface area (Å²) in [6, 6.07) is 6.84. The number of hydrogen-bond acceptors (Lipinski definition) is 8. The summed E-state index contributed by atoms with van der Waals surface area (Å²) in [5.41, 5.74) is 1.12. The van der Waals surface area contributed by atoms with Crippen molar-refractivity contribution in [2.45, 2.75) is 13.3 Å². The average Bonchev–Trinajstić information content (AvgIpc) is 3.02. The number of rotatable bonds is 9. The number of aryl methyl sites for hydroxylation is 1. The van der Waals surface area contributed by atoms with Crippen LogP contribution in [0.2, 0.25) is 0 Å². The van der Waals surface area contributed by atoms with E-state index >= 15 is 0 Å². The molecule has 30 heavy (non-hydrogen) atoms. The molecule has 0 N–H and O–H groups in total. The van der Waals surface area contributed by atoms with Crippen molar-refractivity contribution in [3.05, 3.63) is 40.9 Å². The largest absolute Gasteiger partial charge is 0.466 e. The summed E-state index contributed by atoms with van der Waals surface area (Å²) in [4.78, 5) is 37.0. The van der Waals surface area contributed by atoms with Crippen LogP contribution in [-0.4, -0.2) is 70.0 Å². The Hall–Kier alpha value is -2.53. The van der Waals surface area contributed by atoms with Gasteiger partial charge in [-0.1, -0.05) is 30.0 Å². The van der Waals surface area contributed by atoms with Crippen molar-refractivity contribution in [1.29, 1.82) is 0 Å². The molecule has 1 aromatic rings. The summed E-state index contributed by atoms with van der Waals surface area (Å²) >= 11 is 1.23. The van der Waals surface area contributed by atoms with E-state index in [9.17, 15) is 22.8 Å². The summed E-state index contributed by atoms with van der Waals surface area (Å²) in [5.74, 6) is -1.18. The Bertz CT molecular complexity index is 944. The first kappa shape index (κ1) is 23.7. The minimum Gasteiger partial charge on any atom is -0.466 e. The molecule has 0 atom stereocenters. The number of amides is 1. The number of hydrogen-bond donors (Lipinski definition) is 0. The van der Waals surface area contributed by atoms with Crippen LogP contribution in [-0.2, 0) is 33.9 Å². The van der Waals surface area contributed by atoms with Crippen LogP contribution in [0.1, 0.15) is 12.0 Å². The van der Waals surface area contributed by atoms with E-state index in [2.05, 4.69) is 4.74 Å². The number of anilines is 1. The van der Waals surface area contributed by atoms with Gasteiger partial charge in [-0.25, -0.2) is 13.2 Å². The van der Waals surface area contributed by atoms with Gasteiger partial charge in [-0.2, -0.15) is 0 Å². The van der Waals surface area contributed by atoms with Gasteiger partial charge >= 0.3 is 11.9 Å². The van der Waals surface area contributed by atoms with Crippen LogP contribution in [0.4, 0.5) is 5.69 Å². The molecule has 0 aromatic heterocycles. The van der Waals surface area contributed by atoms with Crippen LogP contribution in [0, 0.1) is 6.92 Å². The highest BCUT2D eigenvalue weighted by molar-refractivity contribution is 8.04. The fourth-order valence-corrected chi connectivity index (χ4v) is 4.58. The van der Waals surface area contributed by atoms with E-state index in [0.717, 1.165) is 10.6 Å². The lowest BCUT2D eigenvalue weighted by atomic mass is 10.2. The summed E-state index contributed by atoms with van der Waals surface area (Å²) in [7, 11) is -2.43. The Morgan fingerprint density at radius 3 is 2.63 bits per heavy atom. The summed E-state index contributed by atoms with van der Waals surface area (Å²) in [6.45, 7) is 1.57. The Morgan fingerprint density at radius 2 is 2.00 bits per heavy atom. The molecule has 1 aliphatic heterocycles. The van der Waals surface area contributed by atoms with E-state index in [1.54, 1.807) is 31.2 Å². The van der Waals surface area contributed by atoms with E-state index in [1.807, 2.05) is 0 Å². The molecule has 0 spiro atoms. The SMILES string of the molecule is COC(=O)/C=C1/SCC(=O)N1CCCOC(=O)CN(c1ccccc1C)S(C)(=O)=O. The predicted octanol–water partition coefficient (Wildman–Crippen LogP) is 1.28. The number of nitrogens with zero attached hydrogens (tertiary/aromatic N) is 2. The Balaban J connectivity index is 1.91. The molecule has 1 saturated heterocycles. The first-order valence-corrected chi connectivity index (χ1v) is 11.9. The third kappa shape index (κ3) is 6.49. The van der Waals surface area contributed by atoms with Crippen LogP contribution in [0.5, 0.6) is 0 Å². The van der Waals surface area contributed by atoms with Crippen molar-refractivity contribution in [3.63, 3.8) is 0 Å². The molecule has 0 aliphatic carbocycles. The number of carbonyl (C=O) groups excluding carboxylic acids is 3. The van der Waals surface area contributed by atoms with Crippen LogP contribution < -0.4 is 4.31 Å². The zero-order chi connectivity index (χ0) is 22.3. The van der Waals surface area contributed by atoms with Gasteiger partial charge < -0.3 is 14.4 Å². The molecule has 2 rings (SSSR count). The van der Waals surface area contributed by atoms with Gasteiger partial charge in [0, 0.05) is 6.54 Å². The van der Waals surface area contributed by atoms with Crippen molar-refractivity contribution in [3.8, 4) is 0 Å². The third-order valence-corrected chi connectivity index (χ3v) is 6.35. The van der Waals surface area contributed by atoms with Crippen molar-refractivity contribution in [2.75, 3.05) is 43.1 Å². The zero-order valence-corrected chi connectivity index (χ0v) is 18.6. The lowest BCUT2D eigenvalue weighted by molar-refractivity contribution is -0.142. The maximum Gasteiger partial charge on any atom is 0.333 e. The van der Waals surface area contributed by atoms with Gasteiger partial charge in [0.1, 0.15) is 6.54 Å². The predicted molar refractivity (Wildman–Crippen MR) is 113 cm³/mol. The minimum absolute atomic E-state index is 0.00412. The summed E-state index contributed by atoms with van der Waals surface area (Å²) < 4.78 is 35.0. The number of sulfonamides is 1. The van der Waals surface area contributed by atoms with Gasteiger partial charge in [0.25, 0.3) is 0 Å². The van der Waals surface area contributed by atoms with Crippen molar-refractivity contribution >= 4 is 45.3 Å². The summed E-state index contributed by atoms with van der Waals surface area (Å²) in [5, 5.41) is 0.487. The molecule has 0 unspecified atom stereocenters. The van der Waals surface area contributed by atoms with Crippen molar-refractivity contribution in [2.24, 2.45) is 0 Å². The van der Waals surface area contributed by atoms with Crippen molar-refractivity contribution in [1.82, 2.24) is 4.90 Å². The van der Waals surface area contributed by atoms with Gasteiger partial charge in [0.2, 0.25) is 15.9 Å². The topological polar surface area (TPSA) is 110 Å². The van der Waals surface area contributed by atoms with Gasteiger partial charge in [-0.05, 0) is 25.0 Å². The number of carbonyl (C=O) groups is 3. The smallest absolute Gasteiger partial charge is 0.333 e. The molecule has 1 aromatic carbocycles. The molecule has 11 heteroatoms. The van der Waals surface area contributed by atoms with Gasteiger partial charge in [0.05, 0.1) is 42.5 Å².